The molecule has 1 aliphatic heterocycles. The average Bonchev–Trinajstić information content (AvgIpc) is 2.75. The van der Waals surface area contributed by atoms with Crippen LogP contribution in [0.4, 0.5) is 5.69 Å². The van der Waals surface area contributed by atoms with E-state index >= 15 is 0 Å². The van der Waals surface area contributed by atoms with Crippen LogP contribution in [0.1, 0.15) is 19.4 Å². The van der Waals surface area contributed by atoms with E-state index < -0.39 is 11.9 Å². The summed E-state index contributed by atoms with van der Waals surface area (Å²) in [6.07, 6.45) is 0. The number of hydrogen-bond acceptors (Lipinski definition) is 6. The maximum atomic E-state index is 12.8. The fourth-order valence-corrected chi connectivity index (χ4v) is 3.36. The molecule has 0 aromatic heterocycles. The van der Waals surface area contributed by atoms with Crippen LogP contribution in [0, 0.1) is 0 Å². The zero-order valence-electron chi connectivity index (χ0n) is 16.8. The molecule has 29 heavy (non-hydrogen) atoms. The Morgan fingerprint density at radius 2 is 1.45 bits per heavy atom. The van der Waals surface area contributed by atoms with Crippen molar-refractivity contribution in [3.05, 3.63) is 77.5 Å². The molecule has 0 spiro atoms. The third-order valence-corrected chi connectivity index (χ3v) is 4.59. The Balaban J connectivity index is 2.03. The number of nitrogens with zero attached hydrogens (tertiary/aromatic N) is 2. The van der Waals surface area contributed by atoms with Crippen LogP contribution in [-0.2, 0) is 25.6 Å². The molecule has 0 radical (unpaired) electrons. The fraction of sp³-hybridized carbons (Fsp3) is 0.304. The van der Waals surface area contributed by atoms with Crippen LogP contribution in [0.5, 0.6) is 0 Å². The molecule has 0 fully saturated rings. The summed E-state index contributed by atoms with van der Waals surface area (Å²) in [5.74, 6) is -1.01. The normalized spacial score (nSPS) is 14.6. The first kappa shape index (κ1) is 20.6. The number of esters is 2. The fourth-order valence-electron chi connectivity index (χ4n) is 3.36. The second kappa shape index (κ2) is 9.89. The lowest BCUT2D eigenvalue weighted by Gasteiger charge is -2.38. The van der Waals surface area contributed by atoms with Crippen molar-refractivity contribution in [2.45, 2.75) is 20.4 Å². The molecule has 0 atom stereocenters. The third kappa shape index (κ3) is 5.03. The van der Waals surface area contributed by atoms with Gasteiger partial charge in [-0.15, -0.1) is 0 Å². The zero-order valence-corrected chi connectivity index (χ0v) is 16.8. The predicted octanol–water partition coefficient (Wildman–Crippen LogP) is 3.35. The predicted molar refractivity (Wildman–Crippen MR) is 111 cm³/mol. The second-order valence-corrected chi connectivity index (χ2v) is 6.65. The number of ether oxygens (including phenoxy) is 2. The molecular formula is C23H26N2O4. The van der Waals surface area contributed by atoms with E-state index in [1.54, 1.807) is 13.8 Å². The van der Waals surface area contributed by atoms with Crippen molar-refractivity contribution in [3.63, 3.8) is 0 Å². The van der Waals surface area contributed by atoms with Crippen LogP contribution in [0.3, 0.4) is 0 Å². The van der Waals surface area contributed by atoms with Crippen LogP contribution in [-0.4, -0.2) is 43.3 Å². The highest BCUT2D eigenvalue weighted by molar-refractivity contribution is 6.03. The van der Waals surface area contributed by atoms with Gasteiger partial charge in [-0.25, -0.2) is 9.59 Å². The molecule has 6 nitrogen and oxygen atoms in total. The van der Waals surface area contributed by atoms with Gasteiger partial charge in [-0.05, 0) is 31.5 Å². The van der Waals surface area contributed by atoms with Crippen molar-refractivity contribution in [1.29, 1.82) is 0 Å². The van der Waals surface area contributed by atoms with E-state index in [0.29, 0.717) is 25.3 Å². The molecule has 2 aromatic carbocycles. The number of carbonyl (C=O) groups excluding carboxylic acids is 2. The number of para-hydroxylation sites is 1. The van der Waals surface area contributed by atoms with Gasteiger partial charge in [0.1, 0.15) is 5.70 Å². The van der Waals surface area contributed by atoms with Crippen LogP contribution in [0.25, 0.3) is 0 Å². The highest BCUT2D eigenvalue weighted by atomic mass is 16.5. The molecule has 1 heterocycles. The molecule has 0 amide bonds. The van der Waals surface area contributed by atoms with E-state index in [-0.39, 0.29) is 18.9 Å². The summed E-state index contributed by atoms with van der Waals surface area (Å²) in [6, 6.07) is 19.6. The summed E-state index contributed by atoms with van der Waals surface area (Å²) < 4.78 is 10.5. The van der Waals surface area contributed by atoms with Gasteiger partial charge in [0.05, 0.1) is 25.5 Å². The largest absolute Gasteiger partial charge is 0.463 e. The van der Waals surface area contributed by atoms with E-state index in [1.807, 2.05) is 65.6 Å². The average molecular weight is 394 g/mol. The van der Waals surface area contributed by atoms with Crippen LogP contribution >= 0.6 is 0 Å². The number of anilines is 1. The minimum atomic E-state index is -0.515. The topological polar surface area (TPSA) is 59.1 Å². The summed E-state index contributed by atoms with van der Waals surface area (Å²) in [5.41, 5.74) is 2.51. The lowest BCUT2D eigenvalue weighted by Crippen LogP contribution is -2.47. The highest BCUT2D eigenvalue weighted by Crippen LogP contribution is 2.28. The van der Waals surface area contributed by atoms with Gasteiger partial charge in [-0.2, -0.15) is 0 Å². The molecule has 3 rings (SSSR count). The Labute approximate surface area is 171 Å². The number of rotatable bonds is 7. The van der Waals surface area contributed by atoms with Gasteiger partial charge in [0.2, 0.25) is 0 Å². The number of hydrogen-bond donors (Lipinski definition) is 0. The first-order chi connectivity index (χ1) is 14.1. The first-order valence-electron chi connectivity index (χ1n) is 9.80. The molecule has 6 heteroatoms. The Morgan fingerprint density at radius 3 is 2.07 bits per heavy atom. The second-order valence-electron chi connectivity index (χ2n) is 6.65. The van der Waals surface area contributed by atoms with Gasteiger partial charge in [0.15, 0.2) is 0 Å². The molecule has 0 bridgehead atoms. The van der Waals surface area contributed by atoms with E-state index in [1.165, 1.54) is 0 Å². The van der Waals surface area contributed by atoms with Gasteiger partial charge >= 0.3 is 11.9 Å². The zero-order chi connectivity index (χ0) is 20.6. The maximum Gasteiger partial charge on any atom is 0.355 e. The molecule has 0 saturated carbocycles. The van der Waals surface area contributed by atoms with E-state index in [2.05, 4.69) is 4.90 Å². The van der Waals surface area contributed by atoms with E-state index in [0.717, 1.165) is 11.3 Å². The summed E-state index contributed by atoms with van der Waals surface area (Å²) in [6.45, 7) is 5.38. The van der Waals surface area contributed by atoms with Crippen molar-refractivity contribution in [1.82, 2.24) is 4.90 Å². The lowest BCUT2D eigenvalue weighted by molar-refractivity contribution is -0.142. The number of benzene rings is 2. The molecule has 0 aliphatic carbocycles. The number of carbonyl (C=O) groups is 2. The SMILES string of the molecule is CCOC(=O)C1=C(C(=O)OCC)N(c2ccccc2)CN(Cc2ccccc2)C1. The third-order valence-electron chi connectivity index (χ3n) is 4.59. The van der Waals surface area contributed by atoms with Crippen molar-refractivity contribution in [2.75, 3.05) is 31.3 Å². The van der Waals surface area contributed by atoms with Crippen molar-refractivity contribution >= 4 is 17.6 Å². The smallest absolute Gasteiger partial charge is 0.355 e. The Kier molecular flexibility index (Phi) is 7.03. The van der Waals surface area contributed by atoms with E-state index in [9.17, 15) is 9.59 Å². The first-order valence-corrected chi connectivity index (χ1v) is 9.80. The molecule has 1 aliphatic rings. The quantitative estimate of drug-likeness (QED) is 0.672. The van der Waals surface area contributed by atoms with Gasteiger partial charge in [0.25, 0.3) is 0 Å². The minimum Gasteiger partial charge on any atom is -0.463 e. The van der Waals surface area contributed by atoms with Crippen LogP contribution in [0.15, 0.2) is 71.9 Å². The van der Waals surface area contributed by atoms with Crippen molar-refractivity contribution < 1.29 is 19.1 Å². The molecule has 0 N–H and O–H groups in total. The summed E-state index contributed by atoms with van der Waals surface area (Å²) in [4.78, 5) is 29.5. The Hall–Kier alpha value is -3.12. The Morgan fingerprint density at radius 1 is 0.862 bits per heavy atom. The van der Waals surface area contributed by atoms with Gasteiger partial charge in [0, 0.05) is 18.8 Å². The van der Waals surface area contributed by atoms with E-state index in [4.69, 9.17) is 9.47 Å². The van der Waals surface area contributed by atoms with Crippen molar-refractivity contribution in [3.8, 4) is 0 Å². The molecular weight excluding hydrogens is 368 g/mol. The molecule has 2 aromatic rings. The Bertz CT molecular complexity index is 865. The molecule has 152 valence electrons. The standard InChI is InChI=1S/C23H26N2O4/c1-3-28-22(26)20-16-24(15-18-11-7-5-8-12-18)17-25(19-13-9-6-10-14-19)21(20)23(27)29-4-2/h5-14H,3-4,15-17H2,1-2H3. The molecule has 0 saturated heterocycles. The van der Waals surface area contributed by atoms with Crippen LogP contribution < -0.4 is 4.90 Å². The van der Waals surface area contributed by atoms with Gasteiger partial charge < -0.3 is 14.4 Å². The maximum absolute atomic E-state index is 12.8. The van der Waals surface area contributed by atoms with Gasteiger partial charge in [-0.3, -0.25) is 4.90 Å². The lowest BCUT2D eigenvalue weighted by atomic mass is 10.1. The minimum absolute atomic E-state index is 0.231. The highest BCUT2D eigenvalue weighted by Gasteiger charge is 2.35. The summed E-state index contributed by atoms with van der Waals surface area (Å²) in [7, 11) is 0. The summed E-state index contributed by atoms with van der Waals surface area (Å²) in [5, 5.41) is 0. The van der Waals surface area contributed by atoms with Crippen LogP contribution in [0.2, 0.25) is 0 Å². The molecule has 0 unspecified atom stereocenters. The summed E-state index contributed by atoms with van der Waals surface area (Å²) >= 11 is 0. The monoisotopic (exact) mass is 394 g/mol. The van der Waals surface area contributed by atoms with Gasteiger partial charge in [-0.1, -0.05) is 48.5 Å². The van der Waals surface area contributed by atoms with Crippen molar-refractivity contribution in [2.24, 2.45) is 0 Å².